The highest BCUT2D eigenvalue weighted by molar-refractivity contribution is 14.0. The molecule has 1 aliphatic heterocycles. The van der Waals surface area contributed by atoms with Gasteiger partial charge in [-0.2, -0.15) is 0 Å². The Bertz CT molecular complexity index is 535. The van der Waals surface area contributed by atoms with Gasteiger partial charge in [-0.1, -0.05) is 11.6 Å². The molecule has 1 aliphatic carbocycles. The van der Waals surface area contributed by atoms with E-state index in [-0.39, 0.29) is 24.0 Å². The number of benzene rings is 1. The lowest BCUT2D eigenvalue weighted by Gasteiger charge is -2.20. The van der Waals surface area contributed by atoms with Crippen LogP contribution < -0.4 is 20.5 Å². The Labute approximate surface area is 146 Å². The van der Waals surface area contributed by atoms with Crippen LogP contribution in [-0.2, 0) is 6.42 Å². The number of hydrogen-bond donors (Lipinski definition) is 2. The van der Waals surface area contributed by atoms with Crippen molar-refractivity contribution in [3.63, 3.8) is 0 Å². The summed E-state index contributed by atoms with van der Waals surface area (Å²) >= 11 is 6.19. The van der Waals surface area contributed by atoms with E-state index >= 15 is 0 Å². The van der Waals surface area contributed by atoms with E-state index in [1.54, 1.807) is 0 Å². The fourth-order valence-electron chi connectivity index (χ4n) is 2.10. The number of fused-ring (bicyclic) bond motifs is 1. The summed E-state index contributed by atoms with van der Waals surface area (Å²) in [5.41, 5.74) is 6.86. The first kappa shape index (κ1) is 16.5. The molecule has 1 heterocycles. The predicted octanol–water partition coefficient (Wildman–Crippen LogP) is 2.34. The molecule has 1 fully saturated rings. The van der Waals surface area contributed by atoms with Crippen molar-refractivity contribution in [2.45, 2.75) is 25.3 Å². The molecule has 1 aromatic rings. The molecule has 7 heteroatoms. The first-order valence-corrected chi connectivity index (χ1v) is 7.24. The van der Waals surface area contributed by atoms with Gasteiger partial charge in [-0.25, -0.2) is 0 Å². The Kier molecular flexibility index (Phi) is 5.80. The summed E-state index contributed by atoms with van der Waals surface area (Å²) in [5.74, 6) is 1.88. The molecular formula is C14H19ClIN3O2. The van der Waals surface area contributed by atoms with E-state index < -0.39 is 0 Å². The quantitative estimate of drug-likeness (QED) is 0.443. The van der Waals surface area contributed by atoms with Crippen molar-refractivity contribution in [3.8, 4) is 11.5 Å². The lowest BCUT2D eigenvalue weighted by Crippen LogP contribution is -2.33. The van der Waals surface area contributed by atoms with Crippen LogP contribution in [0, 0.1) is 0 Å². The number of guanidine groups is 1. The van der Waals surface area contributed by atoms with Crippen molar-refractivity contribution >= 4 is 41.5 Å². The number of aliphatic imine (C=N–C) groups is 1. The molecule has 1 saturated carbocycles. The van der Waals surface area contributed by atoms with Gasteiger partial charge in [0.15, 0.2) is 17.5 Å². The molecule has 116 valence electrons. The van der Waals surface area contributed by atoms with E-state index in [2.05, 4.69) is 10.3 Å². The largest absolute Gasteiger partial charge is 0.486 e. The summed E-state index contributed by atoms with van der Waals surface area (Å²) in [6.45, 7) is 1.73. The van der Waals surface area contributed by atoms with Gasteiger partial charge in [-0.3, -0.25) is 4.99 Å². The van der Waals surface area contributed by atoms with Crippen molar-refractivity contribution in [3.05, 3.63) is 22.7 Å². The Morgan fingerprint density at radius 3 is 2.86 bits per heavy atom. The lowest BCUT2D eigenvalue weighted by molar-refractivity contribution is 0.171. The van der Waals surface area contributed by atoms with Crippen LogP contribution in [-0.4, -0.2) is 31.8 Å². The number of rotatable bonds is 4. The minimum Gasteiger partial charge on any atom is -0.486 e. The fraction of sp³-hybridized carbons (Fsp3) is 0.500. The van der Waals surface area contributed by atoms with Gasteiger partial charge in [0, 0.05) is 12.6 Å². The van der Waals surface area contributed by atoms with Gasteiger partial charge in [0.25, 0.3) is 0 Å². The van der Waals surface area contributed by atoms with Gasteiger partial charge in [-0.15, -0.1) is 24.0 Å². The fourth-order valence-corrected chi connectivity index (χ4v) is 2.38. The number of hydrogen-bond acceptors (Lipinski definition) is 3. The normalized spacial score (nSPS) is 17.1. The van der Waals surface area contributed by atoms with E-state index in [0.717, 1.165) is 12.0 Å². The molecule has 5 nitrogen and oxygen atoms in total. The topological polar surface area (TPSA) is 68.9 Å². The first-order chi connectivity index (χ1) is 9.72. The molecule has 0 spiro atoms. The van der Waals surface area contributed by atoms with Crippen molar-refractivity contribution in [1.29, 1.82) is 0 Å². The molecule has 0 radical (unpaired) electrons. The molecule has 3 rings (SSSR count). The van der Waals surface area contributed by atoms with Crippen LogP contribution in [0.2, 0.25) is 5.02 Å². The van der Waals surface area contributed by atoms with Gasteiger partial charge in [-0.05, 0) is 37.0 Å². The maximum Gasteiger partial charge on any atom is 0.188 e. The van der Waals surface area contributed by atoms with E-state index in [0.29, 0.717) is 48.3 Å². The summed E-state index contributed by atoms with van der Waals surface area (Å²) < 4.78 is 11.0. The Hall–Kier alpha value is -0.890. The molecule has 21 heavy (non-hydrogen) atoms. The van der Waals surface area contributed by atoms with Crippen molar-refractivity contribution in [2.24, 2.45) is 10.7 Å². The summed E-state index contributed by atoms with van der Waals surface area (Å²) in [6.07, 6.45) is 3.14. The average Bonchev–Trinajstić information content (AvgIpc) is 3.23. The molecule has 0 aromatic heterocycles. The van der Waals surface area contributed by atoms with Crippen LogP contribution in [0.5, 0.6) is 11.5 Å². The summed E-state index contributed by atoms with van der Waals surface area (Å²) in [6, 6.07) is 4.39. The second kappa shape index (κ2) is 7.40. The first-order valence-electron chi connectivity index (χ1n) is 6.87. The minimum atomic E-state index is 0. The maximum absolute atomic E-state index is 6.19. The molecular weight excluding hydrogens is 405 g/mol. The lowest BCUT2D eigenvalue weighted by atomic mass is 10.1. The average molecular weight is 424 g/mol. The number of nitrogens with zero attached hydrogens (tertiary/aromatic N) is 1. The third kappa shape index (κ3) is 4.54. The highest BCUT2D eigenvalue weighted by Crippen LogP contribution is 2.38. The Balaban J connectivity index is 0.00000161. The number of halogens is 2. The van der Waals surface area contributed by atoms with Crippen molar-refractivity contribution < 1.29 is 9.47 Å². The van der Waals surface area contributed by atoms with Crippen LogP contribution in [0.15, 0.2) is 17.1 Å². The zero-order chi connectivity index (χ0) is 13.9. The Morgan fingerprint density at radius 1 is 1.33 bits per heavy atom. The third-order valence-corrected chi connectivity index (χ3v) is 3.55. The standard InChI is InChI=1S/C14H18ClN3O2.HI/c15-11-7-9(8-12-13(11)20-6-5-19-12)3-4-17-14(16)18-10-1-2-10;/h7-8,10H,1-6H2,(H3,16,17,18);1H. The second-order valence-electron chi connectivity index (χ2n) is 5.04. The summed E-state index contributed by atoms with van der Waals surface area (Å²) in [4.78, 5) is 4.31. The molecule has 3 N–H and O–H groups in total. The predicted molar refractivity (Wildman–Crippen MR) is 94.2 cm³/mol. The number of nitrogens with one attached hydrogen (secondary N) is 1. The van der Waals surface area contributed by atoms with Gasteiger partial charge < -0.3 is 20.5 Å². The SMILES string of the molecule is I.NC(=NCCc1cc(Cl)c2c(c1)OCCO2)NC1CC1. The van der Waals surface area contributed by atoms with Crippen molar-refractivity contribution in [1.82, 2.24) is 5.32 Å². The van der Waals surface area contributed by atoms with Gasteiger partial charge in [0.2, 0.25) is 0 Å². The van der Waals surface area contributed by atoms with Crippen molar-refractivity contribution in [2.75, 3.05) is 19.8 Å². The monoisotopic (exact) mass is 423 g/mol. The smallest absolute Gasteiger partial charge is 0.188 e. The molecule has 2 aliphatic rings. The number of ether oxygens (including phenoxy) is 2. The van der Waals surface area contributed by atoms with Gasteiger partial charge in [0.05, 0.1) is 5.02 Å². The van der Waals surface area contributed by atoms with E-state index in [1.165, 1.54) is 12.8 Å². The van der Waals surface area contributed by atoms with Crippen LogP contribution in [0.25, 0.3) is 0 Å². The Morgan fingerprint density at radius 2 is 2.10 bits per heavy atom. The van der Waals surface area contributed by atoms with E-state index in [4.69, 9.17) is 26.8 Å². The van der Waals surface area contributed by atoms with Crippen LogP contribution in [0.3, 0.4) is 0 Å². The van der Waals surface area contributed by atoms with Crippen LogP contribution in [0.4, 0.5) is 0 Å². The molecule has 0 bridgehead atoms. The van der Waals surface area contributed by atoms with E-state index in [9.17, 15) is 0 Å². The summed E-state index contributed by atoms with van der Waals surface area (Å²) in [7, 11) is 0. The minimum absolute atomic E-state index is 0. The van der Waals surface area contributed by atoms with Gasteiger partial charge in [0.1, 0.15) is 13.2 Å². The zero-order valence-corrected chi connectivity index (χ0v) is 14.7. The zero-order valence-electron chi connectivity index (χ0n) is 11.6. The molecule has 0 amide bonds. The van der Waals surface area contributed by atoms with Crippen LogP contribution in [0.1, 0.15) is 18.4 Å². The number of nitrogens with two attached hydrogens (primary N) is 1. The molecule has 0 atom stereocenters. The highest BCUT2D eigenvalue weighted by Gasteiger charge is 2.21. The summed E-state index contributed by atoms with van der Waals surface area (Å²) in [5, 5.41) is 3.75. The molecule has 1 aromatic carbocycles. The van der Waals surface area contributed by atoms with Gasteiger partial charge >= 0.3 is 0 Å². The van der Waals surface area contributed by atoms with E-state index in [1.807, 2.05) is 12.1 Å². The van der Waals surface area contributed by atoms with Crippen LogP contribution >= 0.6 is 35.6 Å². The molecule has 0 saturated heterocycles. The second-order valence-corrected chi connectivity index (χ2v) is 5.44. The highest BCUT2D eigenvalue weighted by atomic mass is 127. The molecule has 0 unspecified atom stereocenters. The maximum atomic E-state index is 6.19. The third-order valence-electron chi connectivity index (χ3n) is 3.27.